The zero-order valence-electron chi connectivity index (χ0n) is 10.4. The average Bonchev–Trinajstić information content (AvgIpc) is 2.60. The van der Waals surface area contributed by atoms with Crippen molar-refractivity contribution in [2.45, 2.75) is 44.7 Å². The van der Waals surface area contributed by atoms with Crippen LogP contribution >= 0.6 is 23.2 Å². The van der Waals surface area contributed by atoms with Crippen molar-refractivity contribution in [3.8, 4) is 6.07 Å². The van der Waals surface area contributed by atoms with Gasteiger partial charge in [0.25, 0.3) is 0 Å². The highest BCUT2D eigenvalue weighted by molar-refractivity contribution is 6.39. The van der Waals surface area contributed by atoms with Crippen LogP contribution in [0.4, 0.5) is 0 Å². The molecule has 1 fully saturated rings. The molecular weight excluding hydrogens is 273 g/mol. The zero-order valence-corrected chi connectivity index (χ0v) is 11.9. The molecule has 2 rings (SSSR count). The molecule has 1 N–H and O–H groups in total. The maximum atomic E-state index is 9.19. The Morgan fingerprint density at radius 2 is 2.11 bits per heavy atom. The van der Waals surface area contributed by atoms with Gasteiger partial charge in [-0.05, 0) is 25.7 Å². The Kier molecular flexibility index (Phi) is 4.26. The summed E-state index contributed by atoms with van der Waals surface area (Å²) in [5, 5.41) is 13.9. The Bertz CT molecular complexity index is 387. The van der Waals surface area contributed by atoms with Gasteiger partial charge in [-0.15, -0.1) is 0 Å². The average molecular weight is 290 g/mol. The molecule has 0 amide bonds. The molecule has 1 aliphatic carbocycles. The number of hydrogen-bond acceptors (Lipinski definition) is 4. The van der Waals surface area contributed by atoms with Crippen molar-refractivity contribution in [2.75, 3.05) is 6.61 Å². The van der Waals surface area contributed by atoms with E-state index < -0.39 is 5.66 Å². The first-order valence-electron chi connectivity index (χ1n) is 6.24. The van der Waals surface area contributed by atoms with Crippen molar-refractivity contribution in [1.82, 2.24) is 10.4 Å². The Morgan fingerprint density at radius 1 is 1.44 bits per heavy atom. The van der Waals surface area contributed by atoms with Crippen molar-refractivity contribution >= 4 is 23.2 Å². The minimum absolute atomic E-state index is 0.247. The molecule has 1 heterocycles. The molecule has 2 aliphatic rings. The summed E-state index contributed by atoms with van der Waals surface area (Å²) in [6.07, 6.45) is 6.18. The topological polar surface area (TPSA) is 48.3 Å². The fourth-order valence-corrected chi connectivity index (χ4v) is 2.92. The summed E-state index contributed by atoms with van der Waals surface area (Å²) in [6.45, 7) is 2.27. The molecule has 1 aliphatic heterocycles. The van der Waals surface area contributed by atoms with Gasteiger partial charge in [0.2, 0.25) is 5.66 Å². The largest absolute Gasteiger partial charge is 0.337 e. The van der Waals surface area contributed by atoms with Gasteiger partial charge < -0.3 is 5.32 Å². The molecule has 1 unspecified atom stereocenters. The first-order chi connectivity index (χ1) is 8.57. The van der Waals surface area contributed by atoms with Gasteiger partial charge in [-0.1, -0.05) is 42.5 Å². The summed E-state index contributed by atoms with van der Waals surface area (Å²) in [6, 6.07) is 2.12. The van der Waals surface area contributed by atoms with Crippen LogP contribution in [0.15, 0.2) is 10.3 Å². The number of nitriles is 1. The molecule has 100 valence electrons. The second kappa shape index (κ2) is 5.56. The molecule has 0 bridgehead atoms. The number of nitrogens with one attached hydrogen (secondary N) is 1. The highest BCUT2D eigenvalue weighted by Crippen LogP contribution is 2.33. The van der Waals surface area contributed by atoms with Gasteiger partial charge in [0.15, 0.2) is 5.16 Å². The fourth-order valence-electron chi connectivity index (χ4n) is 2.39. The molecule has 0 saturated heterocycles. The van der Waals surface area contributed by atoms with Crippen molar-refractivity contribution in [3.63, 3.8) is 0 Å². The smallest absolute Gasteiger partial charge is 0.222 e. The van der Waals surface area contributed by atoms with E-state index in [1.165, 1.54) is 37.2 Å². The third kappa shape index (κ3) is 2.69. The standard InChI is InChI=1S/C12H17Cl2N3O/c1-12(8-15)16-10(13)11(14)17(12)18-7-9-5-3-2-4-6-9/h9,16H,2-7H2,1H3. The van der Waals surface area contributed by atoms with Gasteiger partial charge in [-0.25, -0.2) is 5.06 Å². The van der Waals surface area contributed by atoms with Crippen LogP contribution in [0.5, 0.6) is 0 Å². The molecule has 1 atom stereocenters. The Balaban J connectivity index is 1.96. The van der Waals surface area contributed by atoms with E-state index in [0.717, 1.165) is 0 Å². The first kappa shape index (κ1) is 13.8. The first-order valence-corrected chi connectivity index (χ1v) is 7.00. The molecule has 0 aromatic carbocycles. The predicted octanol–water partition coefficient (Wildman–Crippen LogP) is 3.25. The lowest BCUT2D eigenvalue weighted by Crippen LogP contribution is -2.48. The Morgan fingerprint density at radius 3 is 2.72 bits per heavy atom. The molecule has 4 nitrogen and oxygen atoms in total. The lowest BCUT2D eigenvalue weighted by atomic mass is 9.90. The second-order valence-corrected chi connectivity index (χ2v) is 5.74. The number of halogens is 2. The number of rotatable bonds is 3. The molecule has 0 aromatic rings. The normalized spacial score (nSPS) is 29.3. The van der Waals surface area contributed by atoms with Crippen LogP contribution in [0.25, 0.3) is 0 Å². The SMILES string of the molecule is CC1(C#N)NC(Cl)=C(Cl)N1OCC1CCCCC1. The molecule has 1 saturated carbocycles. The number of hydroxylamine groups is 2. The van der Waals surface area contributed by atoms with E-state index in [1.54, 1.807) is 6.92 Å². The second-order valence-electron chi connectivity index (χ2n) is 5.01. The van der Waals surface area contributed by atoms with Crippen molar-refractivity contribution in [1.29, 1.82) is 5.26 Å². The fraction of sp³-hybridized carbons (Fsp3) is 0.750. The summed E-state index contributed by atoms with van der Waals surface area (Å²) in [5.41, 5.74) is -1.02. The minimum Gasteiger partial charge on any atom is -0.337 e. The van der Waals surface area contributed by atoms with Gasteiger partial charge in [0.05, 0.1) is 6.61 Å². The van der Waals surface area contributed by atoms with Crippen molar-refractivity contribution in [2.24, 2.45) is 5.92 Å². The van der Waals surface area contributed by atoms with Gasteiger partial charge in [0, 0.05) is 0 Å². The zero-order chi connectivity index (χ0) is 13.2. The quantitative estimate of drug-likeness (QED) is 0.811. The molecule has 6 heteroatoms. The highest BCUT2D eigenvalue weighted by atomic mass is 35.5. The molecule has 0 aromatic heterocycles. The third-order valence-electron chi connectivity index (χ3n) is 3.50. The lowest BCUT2D eigenvalue weighted by molar-refractivity contribution is -0.178. The van der Waals surface area contributed by atoms with Crippen LogP contribution in [0.3, 0.4) is 0 Å². The van der Waals surface area contributed by atoms with E-state index in [-0.39, 0.29) is 10.3 Å². The van der Waals surface area contributed by atoms with Crippen LogP contribution in [0.2, 0.25) is 0 Å². The monoisotopic (exact) mass is 289 g/mol. The van der Waals surface area contributed by atoms with E-state index in [1.807, 2.05) is 0 Å². The van der Waals surface area contributed by atoms with Crippen LogP contribution in [0.1, 0.15) is 39.0 Å². The molecule has 0 spiro atoms. The maximum Gasteiger partial charge on any atom is 0.222 e. The van der Waals surface area contributed by atoms with Crippen LogP contribution in [-0.2, 0) is 4.84 Å². The van der Waals surface area contributed by atoms with Gasteiger partial charge in [0.1, 0.15) is 11.2 Å². The van der Waals surface area contributed by atoms with Crippen LogP contribution in [-0.4, -0.2) is 17.3 Å². The summed E-state index contributed by atoms with van der Waals surface area (Å²) >= 11 is 12.0. The van der Waals surface area contributed by atoms with E-state index in [2.05, 4.69) is 11.4 Å². The van der Waals surface area contributed by atoms with Crippen LogP contribution in [0, 0.1) is 17.2 Å². The predicted molar refractivity (Wildman–Crippen MR) is 70.3 cm³/mol. The van der Waals surface area contributed by atoms with Crippen molar-refractivity contribution < 1.29 is 4.84 Å². The summed E-state index contributed by atoms with van der Waals surface area (Å²) in [5.74, 6) is 0.547. The Labute approximate surface area is 117 Å². The number of hydrogen-bond donors (Lipinski definition) is 1. The Hall–Kier alpha value is -0.630. The van der Waals surface area contributed by atoms with E-state index in [9.17, 15) is 5.26 Å². The summed E-state index contributed by atoms with van der Waals surface area (Å²) in [4.78, 5) is 5.71. The summed E-state index contributed by atoms with van der Waals surface area (Å²) < 4.78 is 0. The minimum atomic E-state index is -1.02. The molecule has 0 radical (unpaired) electrons. The van der Waals surface area contributed by atoms with Crippen molar-refractivity contribution in [3.05, 3.63) is 10.3 Å². The van der Waals surface area contributed by atoms with Gasteiger partial charge >= 0.3 is 0 Å². The maximum absolute atomic E-state index is 9.19. The molecular formula is C12H17Cl2N3O. The van der Waals surface area contributed by atoms with E-state index in [0.29, 0.717) is 12.5 Å². The number of nitrogens with zero attached hydrogens (tertiary/aromatic N) is 2. The third-order valence-corrected chi connectivity index (χ3v) is 4.21. The van der Waals surface area contributed by atoms with Gasteiger partial charge in [-0.2, -0.15) is 5.26 Å². The highest BCUT2D eigenvalue weighted by Gasteiger charge is 2.42. The van der Waals surface area contributed by atoms with E-state index >= 15 is 0 Å². The summed E-state index contributed by atoms with van der Waals surface area (Å²) in [7, 11) is 0. The molecule has 18 heavy (non-hydrogen) atoms. The van der Waals surface area contributed by atoms with Crippen LogP contribution < -0.4 is 5.32 Å². The van der Waals surface area contributed by atoms with Gasteiger partial charge in [-0.3, -0.25) is 4.84 Å². The lowest BCUT2D eigenvalue weighted by Gasteiger charge is -2.31. The van der Waals surface area contributed by atoms with E-state index in [4.69, 9.17) is 28.0 Å².